The summed E-state index contributed by atoms with van der Waals surface area (Å²) in [4.78, 5) is 4.79. The van der Waals surface area contributed by atoms with Crippen LogP contribution in [0.25, 0.3) is 0 Å². The second-order valence-corrected chi connectivity index (χ2v) is 6.53. The molecule has 21 heavy (non-hydrogen) atoms. The number of nitrogens with one attached hydrogen (secondary N) is 1. The maximum Gasteiger partial charge on any atom is 0.0471 e. The molecule has 1 unspecified atom stereocenters. The van der Waals surface area contributed by atoms with Gasteiger partial charge >= 0.3 is 0 Å². The van der Waals surface area contributed by atoms with Gasteiger partial charge in [-0.3, -0.25) is 0 Å². The summed E-state index contributed by atoms with van der Waals surface area (Å²) in [6.45, 7) is 6.41. The van der Waals surface area contributed by atoms with Gasteiger partial charge in [-0.25, -0.2) is 0 Å². The van der Waals surface area contributed by atoms with Crippen molar-refractivity contribution in [3.05, 3.63) is 28.8 Å². The Kier molecular flexibility index (Phi) is 6.34. The van der Waals surface area contributed by atoms with Crippen molar-refractivity contribution in [3.8, 4) is 0 Å². The summed E-state index contributed by atoms with van der Waals surface area (Å²) in [5, 5.41) is 4.27. The molecule has 1 aromatic carbocycles. The number of halogens is 1. The first-order chi connectivity index (χ1) is 10.1. The molecule has 0 amide bonds. The SMILES string of the molecule is CCCNCc1ccc(N(C)C2CCCN(C)C2)cc1Cl. The lowest BCUT2D eigenvalue weighted by Crippen LogP contribution is -2.45. The fraction of sp³-hybridized carbons (Fsp3) is 0.647. The van der Waals surface area contributed by atoms with E-state index in [4.69, 9.17) is 11.6 Å². The Morgan fingerprint density at radius 3 is 2.90 bits per heavy atom. The lowest BCUT2D eigenvalue weighted by Gasteiger charge is -2.37. The normalized spacial score (nSPS) is 19.7. The third-order valence-corrected chi connectivity index (χ3v) is 4.69. The summed E-state index contributed by atoms with van der Waals surface area (Å²) in [5.74, 6) is 0. The smallest absolute Gasteiger partial charge is 0.0471 e. The van der Waals surface area contributed by atoms with Gasteiger partial charge in [0.2, 0.25) is 0 Å². The van der Waals surface area contributed by atoms with Gasteiger partial charge in [-0.05, 0) is 57.1 Å². The summed E-state index contributed by atoms with van der Waals surface area (Å²) in [7, 11) is 4.39. The van der Waals surface area contributed by atoms with E-state index in [1.54, 1.807) is 0 Å². The first-order valence-corrected chi connectivity index (χ1v) is 8.40. The fourth-order valence-corrected chi connectivity index (χ4v) is 3.21. The first-order valence-electron chi connectivity index (χ1n) is 8.02. The predicted molar refractivity (Wildman–Crippen MR) is 92.4 cm³/mol. The Bertz CT molecular complexity index is 450. The van der Waals surface area contributed by atoms with Crippen LogP contribution in [0.4, 0.5) is 5.69 Å². The van der Waals surface area contributed by atoms with Crippen LogP contribution in [-0.2, 0) is 6.54 Å². The lowest BCUT2D eigenvalue weighted by atomic mass is 10.0. The topological polar surface area (TPSA) is 18.5 Å². The summed E-state index contributed by atoms with van der Waals surface area (Å²) >= 11 is 6.44. The van der Waals surface area contributed by atoms with Crippen LogP contribution in [0.15, 0.2) is 18.2 Å². The van der Waals surface area contributed by atoms with Crippen LogP contribution >= 0.6 is 11.6 Å². The van der Waals surface area contributed by atoms with Gasteiger partial charge in [-0.2, -0.15) is 0 Å². The van der Waals surface area contributed by atoms with E-state index in [0.717, 1.165) is 31.1 Å². The number of likely N-dealkylation sites (N-methyl/N-ethyl adjacent to an activating group) is 2. The largest absolute Gasteiger partial charge is 0.370 e. The quantitative estimate of drug-likeness (QED) is 0.813. The Hall–Kier alpha value is -0.770. The van der Waals surface area contributed by atoms with Crippen LogP contribution in [0.2, 0.25) is 5.02 Å². The van der Waals surface area contributed by atoms with Crippen LogP contribution in [0.5, 0.6) is 0 Å². The fourth-order valence-electron chi connectivity index (χ4n) is 2.96. The van der Waals surface area contributed by atoms with E-state index in [1.165, 1.54) is 30.6 Å². The molecule has 0 aromatic heterocycles. The van der Waals surface area contributed by atoms with Crippen LogP contribution in [0, 0.1) is 0 Å². The van der Waals surface area contributed by atoms with E-state index < -0.39 is 0 Å². The highest BCUT2D eigenvalue weighted by atomic mass is 35.5. The van der Waals surface area contributed by atoms with E-state index in [-0.39, 0.29) is 0 Å². The number of rotatable bonds is 6. The van der Waals surface area contributed by atoms with Crippen LogP contribution < -0.4 is 10.2 Å². The molecule has 118 valence electrons. The molecule has 1 aromatic rings. The minimum atomic E-state index is 0.587. The molecule has 1 aliphatic rings. The molecule has 3 nitrogen and oxygen atoms in total. The van der Waals surface area contributed by atoms with Crippen molar-refractivity contribution in [2.75, 3.05) is 38.6 Å². The third kappa shape index (κ3) is 4.60. The van der Waals surface area contributed by atoms with Crippen molar-refractivity contribution in [2.45, 2.75) is 38.8 Å². The van der Waals surface area contributed by atoms with Gasteiger partial charge < -0.3 is 15.1 Å². The van der Waals surface area contributed by atoms with Crippen LogP contribution in [0.1, 0.15) is 31.7 Å². The Labute approximate surface area is 134 Å². The van der Waals surface area contributed by atoms with E-state index in [0.29, 0.717) is 6.04 Å². The van der Waals surface area contributed by atoms with Gasteiger partial charge in [0, 0.05) is 36.9 Å². The van der Waals surface area contributed by atoms with Crippen molar-refractivity contribution < 1.29 is 0 Å². The molecule has 1 saturated heterocycles. The molecule has 1 atom stereocenters. The van der Waals surface area contributed by atoms with Crippen LogP contribution in [0.3, 0.4) is 0 Å². The zero-order chi connectivity index (χ0) is 15.2. The summed E-state index contributed by atoms with van der Waals surface area (Å²) in [6.07, 6.45) is 3.68. The van der Waals surface area contributed by atoms with Gasteiger partial charge in [-0.15, -0.1) is 0 Å². The number of nitrogens with zero attached hydrogens (tertiary/aromatic N) is 2. The van der Waals surface area contributed by atoms with E-state index in [1.807, 2.05) is 0 Å². The molecule has 0 radical (unpaired) electrons. The van der Waals surface area contributed by atoms with Crippen molar-refractivity contribution >= 4 is 17.3 Å². The molecule has 1 fully saturated rings. The maximum atomic E-state index is 6.44. The number of benzene rings is 1. The Morgan fingerprint density at radius 1 is 1.43 bits per heavy atom. The van der Waals surface area contributed by atoms with E-state index in [2.05, 4.69) is 54.3 Å². The summed E-state index contributed by atoms with van der Waals surface area (Å²) in [6, 6.07) is 7.05. The summed E-state index contributed by atoms with van der Waals surface area (Å²) in [5.41, 5.74) is 2.41. The zero-order valence-corrected chi connectivity index (χ0v) is 14.3. The van der Waals surface area contributed by atoms with Crippen molar-refractivity contribution in [1.29, 1.82) is 0 Å². The molecule has 2 rings (SSSR count). The molecular formula is C17H28ClN3. The average Bonchev–Trinajstić information content (AvgIpc) is 2.48. The molecule has 1 N–H and O–H groups in total. The molecule has 0 bridgehead atoms. The number of likely N-dealkylation sites (tertiary alicyclic amines) is 1. The van der Waals surface area contributed by atoms with Crippen molar-refractivity contribution in [1.82, 2.24) is 10.2 Å². The molecule has 4 heteroatoms. The van der Waals surface area contributed by atoms with Gasteiger partial charge in [0.1, 0.15) is 0 Å². The minimum absolute atomic E-state index is 0.587. The highest BCUT2D eigenvalue weighted by molar-refractivity contribution is 6.31. The van der Waals surface area contributed by atoms with E-state index >= 15 is 0 Å². The highest BCUT2D eigenvalue weighted by Gasteiger charge is 2.21. The van der Waals surface area contributed by atoms with E-state index in [9.17, 15) is 0 Å². The van der Waals surface area contributed by atoms with Gasteiger partial charge in [0.15, 0.2) is 0 Å². The average molecular weight is 310 g/mol. The zero-order valence-electron chi connectivity index (χ0n) is 13.5. The monoisotopic (exact) mass is 309 g/mol. The molecular weight excluding hydrogens is 282 g/mol. The summed E-state index contributed by atoms with van der Waals surface area (Å²) < 4.78 is 0. The predicted octanol–water partition coefficient (Wildman–Crippen LogP) is 3.37. The highest BCUT2D eigenvalue weighted by Crippen LogP contribution is 2.26. The van der Waals surface area contributed by atoms with Crippen LogP contribution in [-0.4, -0.2) is 44.7 Å². The number of hydrogen-bond donors (Lipinski definition) is 1. The molecule has 0 saturated carbocycles. The lowest BCUT2D eigenvalue weighted by molar-refractivity contribution is 0.248. The molecule has 0 aliphatic carbocycles. The van der Waals surface area contributed by atoms with Crippen molar-refractivity contribution in [3.63, 3.8) is 0 Å². The second kappa shape index (κ2) is 8.02. The Morgan fingerprint density at radius 2 is 2.24 bits per heavy atom. The minimum Gasteiger partial charge on any atom is -0.370 e. The van der Waals surface area contributed by atoms with Gasteiger partial charge in [0.05, 0.1) is 0 Å². The number of piperidine rings is 1. The number of hydrogen-bond acceptors (Lipinski definition) is 3. The maximum absolute atomic E-state index is 6.44. The second-order valence-electron chi connectivity index (χ2n) is 6.12. The molecule has 0 spiro atoms. The van der Waals surface area contributed by atoms with Crippen molar-refractivity contribution in [2.24, 2.45) is 0 Å². The standard InChI is InChI=1S/C17H28ClN3/c1-4-9-19-12-14-7-8-15(11-17(14)18)21(3)16-6-5-10-20(2)13-16/h7-8,11,16,19H,4-6,9-10,12-13H2,1-3H3. The first kappa shape index (κ1) is 16.6. The molecule has 1 aliphatic heterocycles. The van der Waals surface area contributed by atoms with Gasteiger partial charge in [-0.1, -0.05) is 24.6 Å². The molecule has 1 heterocycles. The number of anilines is 1. The van der Waals surface area contributed by atoms with Gasteiger partial charge in [0.25, 0.3) is 0 Å². The third-order valence-electron chi connectivity index (χ3n) is 4.33. The Balaban J connectivity index is 2.01.